The fourth-order valence-electron chi connectivity index (χ4n) is 4.39. The van der Waals surface area contributed by atoms with E-state index in [-0.39, 0.29) is 24.9 Å². The van der Waals surface area contributed by atoms with Crippen LogP contribution in [-0.2, 0) is 16.1 Å². The van der Waals surface area contributed by atoms with Gasteiger partial charge in [0.2, 0.25) is 0 Å². The molecule has 0 aromatic heterocycles. The van der Waals surface area contributed by atoms with Gasteiger partial charge in [-0.2, -0.15) is 0 Å². The lowest BCUT2D eigenvalue weighted by Gasteiger charge is -2.37. The van der Waals surface area contributed by atoms with Gasteiger partial charge < -0.3 is 28.9 Å². The third kappa shape index (κ3) is 7.29. The van der Waals surface area contributed by atoms with E-state index in [0.717, 1.165) is 42.9 Å². The smallest absolute Gasteiger partial charge is 0.410 e. The molecule has 2 fully saturated rings. The molecule has 194 valence electrons. The molecule has 8 nitrogen and oxygen atoms in total. The maximum absolute atomic E-state index is 12.4. The first-order valence-corrected chi connectivity index (χ1v) is 12.7. The van der Waals surface area contributed by atoms with Crippen LogP contribution in [0.15, 0.2) is 54.6 Å². The molecule has 2 aliphatic heterocycles. The Morgan fingerprint density at radius 1 is 0.833 bits per heavy atom. The summed E-state index contributed by atoms with van der Waals surface area (Å²) in [6.45, 7) is 9.90. The molecule has 0 spiro atoms. The third-order valence-electron chi connectivity index (χ3n) is 6.32. The summed E-state index contributed by atoms with van der Waals surface area (Å²) < 4.78 is 17.2. The summed E-state index contributed by atoms with van der Waals surface area (Å²) in [5.74, 6) is 0.826. The first-order valence-electron chi connectivity index (χ1n) is 12.7. The van der Waals surface area contributed by atoms with Gasteiger partial charge in [0, 0.05) is 63.9 Å². The van der Waals surface area contributed by atoms with Crippen molar-refractivity contribution in [2.24, 2.45) is 0 Å². The van der Waals surface area contributed by atoms with Crippen LogP contribution in [-0.4, -0.2) is 73.0 Å². The van der Waals surface area contributed by atoms with Crippen molar-refractivity contribution in [1.29, 1.82) is 0 Å². The minimum atomic E-state index is -0.488. The number of likely N-dealkylation sites (tertiary alicyclic amines) is 1. The first-order chi connectivity index (χ1) is 17.3. The van der Waals surface area contributed by atoms with E-state index in [1.54, 1.807) is 9.80 Å². The van der Waals surface area contributed by atoms with Gasteiger partial charge in [-0.1, -0.05) is 36.4 Å². The molecule has 2 aromatic carbocycles. The van der Waals surface area contributed by atoms with Crippen molar-refractivity contribution in [2.45, 2.75) is 51.9 Å². The van der Waals surface area contributed by atoms with Crippen LogP contribution in [0.3, 0.4) is 0 Å². The van der Waals surface area contributed by atoms with Crippen LogP contribution in [0.4, 0.5) is 15.3 Å². The zero-order valence-electron chi connectivity index (χ0n) is 21.5. The van der Waals surface area contributed by atoms with Gasteiger partial charge in [0.1, 0.15) is 24.1 Å². The number of nitrogens with zero attached hydrogens (tertiary/aromatic N) is 3. The fourth-order valence-corrected chi connectivity index (χ4v) is 4.39. The maximum Gasteiger partial charge on any atom is 0.410 e. The van der Waals surface area contributed by atoms with Crippen LogP contribution in [0.2, 0.25) is 0 Å². The molecule has 0 aliphatic carbocycles. The highest BCUT2D eigenvalue weighted by Gasteiger charge is 2.27. The number of carbonyl (C=O) groups excluding carboxylic acids is 2. The Morgan fingerprint density at radius 3 is 2.17 bits per heavy atom. The second-order valence-electron chi connectivity index (χ2n) is 10.3. The minimum Gasteiger partial charge on any atom is -0.490 e. The van der Waals surface area contributed by atoms with Crippen molar-refractivity contribution in [1.82, 2.24) is 9.80 Å². The number of benzene rings is 2. The first kappa shape index (κ1) is 25.7. The van der Waals surface area contributed by atoms with Crippen LogP contribution >= 0.6 is 0 Å². The number of ether oxygens (including phenoxy) is 3. The standard InChI is InChI=1S/C28H37N3O5/c1-28(2,3)36-27(33)31-18-16-29(17-19-31)23-10-7-11-25(20-23)35-24-12-14-30(15-13-24)26(32)34-21-22-8-5-4-6-9-22/h4-11,20,24H,12-19,21H2,1-3H3. The van der Waals surface area contributed by atoms with E-state index in [1.807, 2.05) is 63.2 Å². The Labute approximate surface area is 213 Å². The molecule has 0 atom stereocenters. The predicted molar refractivity (Wildman–Crippen MR) is 138 cm³/mol. The highest BCUT2D eigenvalue weighted by Crippen LogP contribution is 2.26. The van der Waals surface area contributed by atoms with Crippen molar-refractivity contribution in [3.05, 3.63) is 60.2 Å². The van der Waals surface area contributed by atoms with Gasteiger partial charge in [-0.25, -0.2) is 9.59 Å². The molecule has 2 saturated heterocycles. The molecular formula is C28H37N3O5. The summed E-state index contributed by atoms with van der Waals surface area (Å²) >= 11 is 0. The summed E-state index contributed by atoms with van der Waals surface area (Å²) in [4.78, 5) is 30.5. The molecule has 2 heterocycles. The molecule has 2 amide bonds. The monoisotopic (exact) mass is 495 g/mol. The van der Waals surface area contributed by atoms with Gasteiger partial charge in [0.25, 0.3) is 0 Å². The molecular weight excluding hydrogens is 458 g/mol. The summed E-state index contributed by atoms with van der Waals surface area (Å²) in [6, 6.07) is 17.8. The van der Waals surface area contributed by atoms with Gasteiger partial charge in [-0.15, -0.1) is 0 Å². The van der Waals surface area contributed by atoms with Crippen molar-refractivity contribution in [3.8, 4) is 5.75 Å². The number of hydrogen-bond donors (Lipinski definition) is 0. The van der Waals surface area contributed by atoms with Crippen molar-refractivity contribution < 1.29 is 23.8 Å². The van der Waals surface area contributed by atoms with Crippen LogP contribution in [0.1, 0.15) is 39.2 Å². The van der Waals surface area contributed by atoms with E-state index in [4.69, 9.17) is 14.2 Å². The van der Waals surface area contributed by atoms with Crippen LogP contribution in [0, 0.1) is 0 Å². The van der Waals surface area contributed by atoms with Gasteiger partial charge in [-0.05, 0) is 38.5 Å². The second-order valence-corrected chi connectivity index (χ2v) is 10.3. The topological polar surface area (TPSA) is 71.6 Å². The zero-order chi connectivity index (χ0) is 25.5. The molecule has 8 heteroatoms. The van der Waals surface area contributed by atoms with E-state index in [9.17, 15) is 9.59 Å². The normalized spacial score (nSPS) is 17.0. The number of hydrogen-bond acceptors (Lipinski definition) is 6. The molecule has 0 unspecified atom stereocenters. The van der Waals surface area contributed by atoms with Crippen LogP contribution in [0.25, 0.3) is 0 Å². The van der Waals surface area contributed by atoms with Crippen molar-refractivity contribution in [2.75, 3.05) is 44.2 Å². The zero-order valence-corrected chi connectivity index (χ0v) is 21.5. The molecule has 0 bridgehead atoms. The summed E-state index contributed by atoms with van der Waals surface area (Å²) in [5.41, 5.74) is 1.58. The number of piperazine rings is 1. The number of carbonyl (C=O) groups is 2. The lowest BCUT2D eigenvalue weighted by molar-refractivity contribution is 0.0240. The number of rotatable bonds is 5. The molecule has 36 heavy (non-hydrogen) atoms. The number of amides is 2. The Kier molecular flexibility index (Phi) is 8.23. The Bertz CT molecular complexity index is 1010. The highest BCUT2D eigenvalue weighted by molar-refractivity contribution is 5.69. The minimum absolute atomic E-state index is 0.0578. The average Bonchev–Trinajstić information content (AvgIpc) is 2.87. The van der Waals surface area contributed by atoms with E-state index >= 15 is 0 Å². The lowest BCUT2D eigenvalue weighted by atomic mass is 10.1. The molecule has 2 aliphatic rings. The van der Waals surface area contributed by atoms with Crippen LogP contribution < -0.4 is 9.64 Å². The lowest BCUT2D eigenvalue weighted by Crippen LogP contribution is -2.50. The van der Waals surface area contributed by atoms with Crippen molar-refractivity contribution in [3.63, 3.8) is 0 Å². The largest absolute Gasteiger partial charge is 0.490 e. The number of anilines is 1. The van der Waals surface area contributed by atoms with E-state index in [1.165, 1.54) is 0 Å². The Balaban J connectivity index is 1.22. The van der Waals surface area contributed by atoms with Gasteiger partial charge in [0.05, 0.1) is 0 Å². The van der Waals surface area contributed by atoms with Gasteiger partial charge >= 0.3 is 12.2 Å². The quantitative estimate of drug-likeness (QED) is 0.586. The van der Waals surface area contributed by atoms with Gasteiger partial charge in [0.15, 0.2) is 0 Å². The summed E-state index contributed by atoms with van der Waals surface area (Å²) in [5, 5.41) is 0. The maximum atomic E-state index is 12.4. The molecule has 0 saturated carbocycles. The SMILES string of the molecule is CC(C)(C)OC(=O)N1CCN(c2cccc(OC3CCN(C(=O)OCc4ccccc4)CC3)c2)CC1. The Hall–Kier alpha value is -3.42. The van der Waals surface area contributed by atoms with Gasteiger partial charge in [-0.3, -0.25) is 0 Å². The molecule has 4 rings (SSSR count). The molecule has 0 N–H and O–H groups in total. The number of piperidine rings is 1. The van der Waals surface area contributed by atoms with E-state index < -0.39 is 5.60 Å². The predicted octanol–water partition coefficient (Wildman–Crippen LogP) is 4.92. The molecule has 2 aromatic rings. The second kappa shape index (κ2) is 11.5. The summed E-state index contributed by atoms with van der Waals surface area (Å²) in [7, 11) is 0. The fraction of sp³-hybridized carbons (Fsp3) is 0.500. The van der Waals surface area contributed by atoms with E-state index in [0.29, 0.717) is 26.2 Å². The third-order valence-corrected chi connectivity index (χ3v) is 6.32. The summed E-state index contributed by atoms with van der Waals surface area (Å²) in [6.07, 6.45) is 1.06. The van der Waals surface area contributed by atoms with Crippen molar-refractivity contribution >= 4 is 17.9 Å². The average molecular weight is 496 g/mol. The Morgan fingerprint density at radius 2 is 1.50 bits per heavy atom. The van der Waals surface area contributed by atoms with Crippen LogP contribution in [0.5, 0.6) is 5.75 Å². The van der Waals surface area contributed by atoms with E-state index in [2.05, 4.69) is 17.0 Å². The highest BCUT2D eigenvalue weighted by atomic mass is 16.6. The molecule has 0 radical (unpaired) electrons.